The second-order valence-electron chi connectivity index (χ2n) is 6.99. The maximum Gasteiger partial charge on any atom is 0.275 e. The summed E-state index contributed by atoms with van der Waals surface area (Å²) in [4.78, 5) is 17.1. The number of amides is 1. The van der Waals surface area contributed by atoms with Crippen molar-refractivity contribution in [2.75, 3.05) is 18.4 Å². The number of nitrogens with one attached hydrogen (secondary N) is 1. The van der Waals surface area contributed by atoms with Gasteiger partial charge in [0.1, 0.15) is 16.5 Å². The Bertz CT molecular complexity index is 1150. The van der Waals surface area contributed by atoms with Crippen LogP contribution in [0.3, 0.4) is 0 Å². The second kappa shape index (κ2) is 8.63. The fourth-order valence-corrected chi connectivity index (χ4v) is 5.66. The lowest BCUT2D eigenvalue weighted by Crippen LogP contribution is -2.35. The first-order chi connectivity index (χ1) is 14.4. The number of hydrogen-bond acceptors (Lipinski definition) is 5. The van der Waals surface area contributed by atoms with Crippen LogP contribution in [0.1, 0.15) is 29.8 Å². The van der Waals surface area contributed by atoms with Crippen LogP contribution >= 0.6 is 11.3 Å². The highest BCUT2D eigenvalue weighted by molar-refractivity contribution is 7.89. The van der Waals surface area contributed by atoms with E-state index in [1.165, 1.54) is 39.9 Å². The van der Waals surface area contributed by atoms with E-state index in [-0.39, 0.29) is 16.4 Å². The fourth-order valence-electron chi connectivity index (χ4n) is 3.29. The third-order valence-electron chi connectivity index (χ3n) is 4.87. The number of thiazole rings is 1. The molecule has 1 N–H and O–H groups in total. The van der Waals surface area contributed by atoms with E-state index < -0.39 is 15.9 Å². The second-order valence-corrected chi connectivity index (χ2v) is 9.79. The van der Waals surface area contributed by atoms with Gasteiger partial charge in [-0.05, 0) is 55.3 Å². The molecule has 156 valence electrons. The van der Waals surface area contributed by atoms with E-state index in [2.05, 4.69) is 10.3 Å². The number of carbonyl (C=O) groups excluding carboxylic acids is 1. The molecule has 1 aromatic heterocycles. The molecule has 1 saturated heterocycles. The Hall–Kier alpha value is -2.62. The predicted octanol–water partition coefficient (Wildman–Crippen LogP) is 4.38. The van der Waals surface area contributed by atoms with Gasteiger partial charge in [-0.1, -0.05) is 12.5 Å². The third-order valence-corrected chi connectivity index (χ3v) is 7.66. The van der Waals surface area contributed by atoms with Crippen LogP contribution in [0.15, 0.2) is 58.8 Å². The molecular formula is C21H20FN3O3S2. The van der Waals surface area contributed by atoms with Crippen molar-refractivity contribution in [1.29, 1.82) is 0 Å². The molecule has 3 aromatic rings. The van der Waals surface area contributed by atoms with Crippen molar-refractivity contribution in [1.82, 2.24) is 9.29 Å². The van der Waals surface area contributed by atoms with E-state index in [0.29, 0.717) is 23.8 Å². The average molecular weight is 446 g/mol. The van der Waals surface area contributed by atoms with Gasteiger partial charge in [0, 0.05) is 29.7 Å². The smallest absolute Gasteiger partial charge is 0.275 e. The zero-order valence-electron chi connectivity index (χ0n) is 16.0. The molecule has 1 aliphatic rings. The Kier molecular flexibility index (Phi) is 5.94. The average Bonchev–Trinajstić information content (AvgIpc) is 3.25. The predicted molar refractivity (Wildman–Crippen MR) is 115 cm³/mol. The van der Waals surface area contributed by atoms with Gasteiger partial charge >= 0.3 is 0 Å². The molecule has 0 unspecified atom stereocenters. The molecule has 0 saturated carbocycles. The Morgan fingerprint density at radius 3 is 2.53 bits per heavy atom. The molecule has 9 heteroatoms. The summed E-state index contributed by atoms with van der Waals surface area (Å²) in [5, 5.41) is 4.92. The van der Waals surface area contributed by atoms with Crippen LogP contribution in [-0.2, 0) is 10.0 Å². The Morgan fingerprint density at radius 1 is 1.07 bits per heavy atom. The Balaban J connectivity index is 1.50. The number of benzene rings is 2. The van der Waals surface area contributed by atoms with Crippen molar-refractivity contribution < 1.29 is 17.6 Å². The molecule has 2 heterocycles. The molecule has 6 nitrogen and oxygen atoms in total. The number of carbonyl (C=O) groups is 1. The van der Waals surface area contributed by atoms with Gasteiger partial charge in [-0.3, -0.25) is 4.79 Å². The maximum atomic E-state index is 13.1. The summed E-state index contributed by atoms with van der Waals surface area (Å²) < 4.78 is 40.3. The van der Waals surface area contributed by atoms with E-state index in [9.17, 15) is 17.6 Å². The van der Waals surface area contributed by atoms with E-state index >= 15 is 0 Å². The van der Waals surface area contributed by atoms with E-state index in [4.69, 9.17) is 0 Å². The summed E-state index contributed by atoms with van der Waals surface area (Å²) in [5.41, 5.74) is 1.31. The van der Waals surface area contributed by atoms with Crippen LogP contribution in [0.5, 0.6) is 0 Å². The van der Waals surface area contributed by atoms with Gasteiger partial charge in [0.15, 0.2) is 0 Å². The molecule has 0 spiro atoms. The van der Waals surface area contributed by atoms with Crippen molar-refractivity contribution in [2.24, 2.45) is 0 Å². The zero-order valence-corrected chi connectivity index (χ0v) is 17.7. The highest BCUT2D eigenvalue weighted by Crippen LogP contribution is 2.26. The Labute approximate surface area is 178 Å². The molecule has 0 aliphatic carbocycles. The third kappa shape index (κ3) is 4.43. The molecule has 0 atom stereocenters. The van der Waals surface area contributed by atoms with Crippen LogP contribution in [0.4, 0.5) is 10.1 Å². The van der Waals surface area contributed by atoms with Gasteiger partial charge in [0.05, 0.1) is 4.90 Å². The largest absolute Gasteiger partial charge is 0.321 e. The number of piperidine rings is 1. The maximum absolute atomic E-state index is 13.1. The molecule has 1 amide bonds. The van der Waals surface area contributed by atoms with E-state index in [0.717, 1.165) is 24.8 Å². The number of sulfonamides is 1. The number of aromatic nitrogens is 1. The van der Waals surface area contributed by atoms with Crippen molar-refractivity contribution in [2.45, 2.75) is 24.2 Å². The minimum Gasteiger partial charge on any atom is -0.321 e. The van der Waals surface area contributed by atoms with Crippen LogP contribution in [-0.4, -0.2) is 36.7 Å². The highest BCUT2D eigenvalue weighted by Gasteiger charge is 2.26. The van der Waals surface area contributed by atoms with Gasteiger partial charge in [0.25, 0.3) is 5.91 Å². The molecule has 0 radical (unpaired) electrons. The first kappa shape index (κ1) is 20.6. The van der Waals surface area contributed by atoms with Crippen LogP contribution in [0.25, 0.3) is 10.6 Å². The van der Waals surface area contributed by atoms with Crippen molar-refractivity contribution in [3.63, 3.8) is 0 Å². The lowest BCUT2D eigenvalue weighted by atomic mass is 10.2. The lowest BCUT2D eigenvalue weighted by molar-refractivity contribution is 0.102. The van der Waals surface area contributed by atoms with Crippen molar-refractivity contribution in [3.05, 3.63) is 65.4 Å². The summed E-state index contributed by atoms with van der Waals surface area (Å²) in [5.74, 6) is -0.778. The number of hydrogen-bond donors (Lipinski definition) is 1. The lowest BCUT2D eigenvalue weighted by Gasteiger charge is -2.26. The van der Waals surface area contributed by atoms with Gasteiger partial charge in [-0.2, -0.15) is 4.31 Å². The zero-order chi connectivity index (χ0) is 21.1. The quantitative estimate of drug-likeness (QED) is 0.632. The SMILES string of the molecule is O=C(Nc1cccc(S(=O)(=O)N2CCCCC2)c1)c1csc(-c2ccc(F)cc2)n1. The van der Waals surface area contributed by atoms with Crippen LogP contribution in [0.2, 0.25) is 0 Å². The van der Waals surface area contributed by atoms with E-state index in [1.807, 2.05) is 0 Å². The minimum atomic E-state index is -3.58. The summed E-state index contributed by atoms with van der Waals surface area (Å²) in [6, 6.07) is 12.1. The molecule has 30 heavy (non-hydrogen) atoms. The van der Waals surface area contributed by atoms with Crippen LogP contribution in [0, 0.1) is 5.82 Å². The standard InChI is InChI=1S/C21H20FN3O3S2/c22-16-9-7-15(8-10-16)21-24-19(14-29-21)20(26)23-17-5-4-6-18(13-17)30(27,28)25-11-2-1-3-12-25/h4-10,13-14H,1-3,11-12H2,(H,23,26). The molecular weight excluding hydrogens is 425 g/mol. The summed E-state index contributed by atoms with van der Waals surface area (Å²) in [6.45, 7) is 1.04. The molecule has 2 aromatic carbocycles. The van der Waals surface area contributed by atoms with Gasteiger partial charge in [-0.15, -0.1) is 11.3 Å². The minimum absolute atomic E-state index is 0.160. The molecule has 1 fully saturated rings. The summed E-state index contributed by atoms with van der Waals surface area (Å²) in [7, 11) is -3.58. The topological polar surface area (TPSA) is 79.4 Å². The van der Waals surface area contributed by atoms with Crippen molar-refractivity contribution >= 4 is 33.0 Å². The van der Waals surface area contributed by atoms with E-state index in [1.54, 1.807) is 29.6 Å². The number of halogens is 1. The molecule has 4 rings (SSSR count). The van der Waals surface area contributed by atoms with Crippen LogP contribution < -0.4 is 5.32 Å². The fraction of sp³-hybridized carbons (Fsp3) is 0.238. The first-order valence-electron chi connectivity index (χ1n) is 9.56. The summed E-state index contributed by atoms with van der Waals surface area (Å²) in [6.07, 6.45) is 2.75. The molecule has 1 aliphatic heterocycles. The first-order valence-corrected chi connectivity index (χ1v) is 11.9. The highest BCUT2D eigenvalue weighted by atomic mass is 32.2. The Morgan fingerprint density at radius 2 is 1.80 bits per heavy atom. The van der Waals surface area contributed by atoms with Gasteiger partial charge in [0.2, 0.25) is 10.0 Å². The van der Waals surface area contributed by atoms with Gasteiger partial charge in [-0.25, -0.2) is 17.8 Å². The number of rotatable bonds is 5. The number of anilines is 1. The monoisotopic (exact) mass is 445 g/mol. The summed E-state index contributed by atoms with van der Waals surface area (Å²) >= 11 is 1.28. The van der Waals surface area contributed by atoms with Gasteiger partial charge < -0.3 is 5.32 Å². The number of nitrogens with zero attached hydrogens (tertiary/aromatic N) is 2. The normalized spacial score (nSPS) is 15.1. The molecule has 0 bridgehead atoms. The van der Waals surface area contributed by atoms with Crippen molar-refractivity contribution in [3.8, 4) is 10.6 Å².